The van der Waals surface area contributed by atoms with Crippen molar-refractivity contribution in [1.29, 1.82) is 0 Å². The van der Waals surface area contributed by atoms with E-state index in [1.54, 1.807) is 6.20 Å². The van der Waals surface area contributed by atoms with Crippen molar-refractivity contribution >= 4 is 29.0 Å². The Bertz CT molecular complexity index is 908. The molecule has 4 rings (SSSR count). The fourth-order valence-electron chi connectivity index (χ4n) is 3.13. The van der Waals surface area contributed by atoms with E-state index < -0.39 is 0 Å². The maximum absolute atomic E-state index is 6.05. The van der Waals surface area contributed by atoms with Crippen molar-refractivity contribution in [2.75, 3.05) is 18.5 Å². The smallest absolute Gasteiger partial charge is 0.145 e. The predicted octanol–water partition coefficient (Wildman–Crippen LogP) is 5.71. The topological polar surface area (TPSA) is 47.0 Å². The van der Waals surface area contributed by atoms with Crippen molar-refractivity contribution in [3.05, 3.63) is 64.8 Å². The van der Waals surface area contributed by atoms with Crippen molar-refractivity contribution in [3.8, 4) is 22.5 Å². The van der Waals surface area contributed by atoms with Gasteiger partial charge in [0.1, 0.15) is 5.82 Å². The molecule has 138 valence electrons. The monoisotopic (exact) mass is 399 g/mol. The lowest BCUT2D eigenvalue weighted by Crippen LogP contribution is -2.19. The Morgan fingerprint density at radius 3 is 2.15 bits per heavy atom. The van der Waals surface area contributed by atoms with E-state index in [9.17, 15) is 0 Å². The minimum atomic E-state index is 0.238. The van der Waals surface area contributed by atoms with Gasteiger partial charge in [-0.05, 0) is 37.1 Å². The minimum absolute atomic E-state index is 0.238. The third kappa shape index (κ3) is 4.41. The van der Waals surface area contributed by atoms with E-state index in [1.807, 2.05) is 48.5 Å². The van der Waals surface area contributed by atoms with Gasteiger partial charge < -0.3 is 10.1 Å². The second kappa shape index (κ2) is 8.26. The summed E-state index contributed by atoms with van der Waals surface area (Å²) in [5.74, 6) is 0.730. The largest absolute Gasteiger partial charge is 0.376 e. The van der Waals surface area contributed by atoms with Crippen LogP contribution in [0.25, 0.3) is 22.5 Å². The van der Waals surface area contributed by atoms with Crippen LogP contribution in [0.1, 0.15) is 12.8 Å². The summed E-state index contributed by atoms with van der Waals surface area (Å²) in [6.07, 6.45) is 4.19. The molecule has 0 aliphatic carbocycles. The number of rotatable bonds is 5. The van der Waals surface area contributed by atoms with Gasteiger partial charge in [-0.3, -0.25) is 4.98 Å². The lowest BCUT2D eigenvalue weighted by molar-refractivity contribution is 0.120. The van der Waals surface area contributed by atoms with Crippen LogP contribution in [-0.2, 0) is 4.74 Å². The summed E-state index contributed by atoms with van der Waals surface area (Å²) in [5.41, 5.74) is 3.52. The third-order valence-electron chi connectivity index (χ3n) is 4.54. The third-order valence-corrected chi connectivity index (χ3v) is 5.05. The number of halogens is 2. The van der Waals surface area contributed by atoms with Crippen LogP contribution < -0.4 is 5.32 Å². The first-order valence-corrected chi connectivity index (χ1v) is 9.69. The quantitative estimate of drug-likeness (QED) is 0.596. The standard InChI is InChI=1S/C21H19Cl2N3O/c22-16-7-3-14(4-8-16)20-21(15-5-9-17(23)10-6-15)26-19(13-25-20)24-12-18-2-1-11-27-18/h3-10,13,18H,1-2,11-12H2,(H,24,26). The first-order valence-electron chi connectivity index (χ1n) is 8.93. The zero-order chi connectivity index (χ0) is 18.6. The molecule has 2 heterocycles. The van der Waals surface area contributed by atoms with Crippen LogP contribution in [0, 0.1) is 0 Å². The summed E-state index contributed by atoms with van der Waals surface area (Å²) in [6, 6.07) is 15.2. The Balaban J connectivity index is 1.69. The molecule has 2 aromatic carbocycles. The van der Waals surface area contributed by atoms with E-state index in [-0.39, 0.29) is 6.10 Å². The highest BCUT2D eigenvalue weighted by Crippen LogP contribution is 2.31. The number of aromatic nitrogens is 2. The molecule has 0 radical (unpaired) electrons. The summed E-state index contributed by atoms with van der Waals surface area (Å²) >= 11 is 12.1. The highest BCUT2D eigenvalue weighted by atomic mass is 35.5. The second-order valence-electron chi connectivity index (χ2n) is 6.48. The van der Waals surface area contributed by atoms with Crippen molar-refractivity contribution in [3.63, 3.8) is 0 Å². The first-order chi connectivity index (χ1) is 13.2. The molecular weight excluding hydrogens is 381 g/mol. The first kappa shape index (κ1) is 18.2. The average molecular weight is 400 g/mol. The second-order valence-corrected chi connectivity index (χ2v) is 7.36. The molecule has 1 fully saturated rings. The molecule has 27 heavy (non-hydrogen) atoms. The summed E-state index contributed by atoms with van der Waals surface area (Å²) in [5, 5.41) is 4.73. The summed E-state index contributed by atoms with van der Waals surface area (Å²) in [6.45, 7) is 1.57. The molecule has 1 saturated heterocycles. The van der Waals surface area contributed by atoms with Gasteiger partial charge in [0.15, 0.2) is 0 Å². The molecule has 0 saturated carbocycles. The van der Waals surface area contributed by atoms with Crippen LogP contribution in [0.3, 0.4) is 0 Å². The van der Waals surface area contributed by atoms with Crippen molar-refractivity contribution in [2.45, 2.75) is 18.9 Å². The van der Waals surface area contributed by atoms with Crippen LogP contribution in [0.4, 0.5) is 5.82 Å². The molecule has 4 nitrogen and oxygen atoms in total. The number of ether oxygens (including phenoxy) is 1. The normalized spacial score (nSPS) is 16.4. The van der Waals surface area contributed by atoms with Crippen LogP contribution in [0.15, 0.2) is 54.7 Å². The van der Waals surface area contributed by atoms with Crippen molar-refractivity contribution in [1.82, 2.24) is 9.97 Å². The maximum Gasteiger partial charge on any atom is 0.145 e. The van der Waals surface area contributed by atoms with Crippen molar-refractivity contribution in [2.24, 2.45) is 0 Å². The maximum atomic E-state index is 6.05. The minimum Gasteiger partial charge on any atom is -0.376 e. The highest BCUT2D eigenvalue weighted by molar-refractivity contribution is 6.31. The van der Waals surface area contributed by atoms with Gasteiger partial charge in [0, 0.05) is 34.3 Å². The van der Waals surface area contributed by atoms with Gasteiger partial charge >= 0.3 is 0 Å². The number of nitrogens with one attached hydrogen (secondary N) is 1. The summed E-state index contributed by atoms with van der Waals surface area (Å²) in [4.78, 5) is 9.51. The van der Waals surface area contributed by atoms with Gasteiger partial charge in [-0.2, -0.15) is 0 Å². The number of anilines is 1. The van der Waals surface area contributed by atoms with E-state index in [0.717, 1.165) is 54.3 Å². The van der Waals surface area contributed by atoms with Gasteiger partial charge in [-0.1, -0.05) is 47.5 Å². The highest BCUT2D eigenvalue weighted by Gasteiger charge is 2.16. The Kier molecular flexibility index (Phi) is 5.58. The fraction of sp³-hybridized carbons (Fsp3) is 0.238. The van der Waals surface area contributed by atoms with E-state index in [0.29, 0.717) is 10.0 Å². The van der Waals surface area contributed by atoms with E-state index in [2.05, 4.69) is 10.3 Å². The van der Waals surface area contributed by atoms with E-state index >= 15 is 0 Å². The summed E-state index contributed by atoms with van der Waals surface area (Å²) in [7, 11) is 0. The molecule has 1 unspecified atom stereocenters. The predicted molar refractivity (Wildman–Crippen MR) is 110 cm³/mol. The Labute approximate surface area is 168 Å². The molecule has 0 spiro atoms. The molecule has 1 atom stereocenters. The molecule has 1 N–H and O–H groups in total. The Morgan fingerprint density at radius 1 is 0.926 bits per heavy atom. The summed E-state index contributed by atoms with van der Waals surface area (Å²) < 4.78 is 5.67. The van der Waals surface area contributed by atoms with E-state index in [4.69, 9.17) is 32.9 Å². The number of nitrogens with zero attached hydrogens (tertiary/aromatic N) is 2. The fourth-order valence-corrected chi connectivity index (χ4v) is 3.38. The van der Waals surface area contributed by atoms with Crippen LogP contribution in [0.2, 0.25) is 10.0 Å². The number of hydrogen-bond donors (Lipinski definition) is 1. The molecular formula is C21H19Cl2N3O. The van der Waals surface area contributed by atoms with Crippen molar-refractivity contribution < 1.29 is 4.74 Å². The lowest BCUT2D eigenvalue weighted by atomic mass is 10.0. The van der Waals surface area contributed by atoms with Gasteiger partial charge in [-0.15, -0.1) is 0 Å². The van der Waals surface area contributed by atoms with E-state index in [1.165, 1.54) is 0 Å². The molecule has 0 amide bonds. The molecule has 1 aromatic heterocycles. The molecule has 1 aliphatic rings. The zero-order valence-corrected chi connectivity index (χ0v) is 16.2. The Morgan fingerprint density at radius 2 is 1.56 bits per heavy atom. The van der Waals surface area contributed by atoms with Crippen LogP contribution in [-0.4, -0.2) is 29.2 Å². The van der Waals surface area contributed by atoms with Gasteiger partial charge in [0.2, 0.25) is 0 Å². The molecule has 1 aliphatic heterocycles. The number of hydrogen-bond acceptors (Lipinski definition) is 4. The van der Waals surface area contributed by atoms with Gasteiger partial charge in [0.05, 0.1) is 23.7 Å². The molecule has 0 bridgehead atoms. The van der Waals surface area contributed by atoms with Crippen LogP contribution in [0.5, 0.6) is 0 Å². The van der Waals surface area contributed by atoms with Gasteiger partial charge in [-0.25, -0.2) is 4.98 Å². The zero-order valence-electron chi connectivity index (χ0n) is 14.7. The Hall–Kier alpha value is -2.14. The number of benzene rings is 2. The van der Waals surface area contributed by atoms with Gasteiger partial charge in [0.25, 0.3) is 0 Å². The lowest BCUT2D eigenvalue weighted by Gasteiger charge is -2.14. The SMILES string of the molecule is Clc1ccc(-c2ncc(NCC3CCCO3)nc2-c2ccc(Cl)cc2)cc1. The average Bonchev–Trinajstić information content (AvgIpc) is 3.21. The molecule has 3 aromatic rings. The molecule has 6 heteroatoms. The van der Waals surface area contributed by atoms with Crippen LogP contribution >= 0.6 is 23.2 Å².